The maximum absolute atomic E-state index is 13.3. The van der Waals surface area contributed by atoms with Crippen LogP contribution in [0.1, 0.15) is 38.2 Å². The van der Waals surface area contributed by atoms with Gasteiger partial charge < -0.3 is 0 Å². The molecule has 1 aliphatic rings. The van der Waals surface area contributed by atoms with Gasteiger partial charge in [0.15, 0.2) is 0 Å². The van der Waals surface area contributed by atoms with E-state index in [2.05, 4.69) is 27.8 Å². The first-order chi connectivity index (χ1) is 8.15. The van der Waals surface area contributed by atoms with Gasteiger partial charge in [-0.25, -0.2) is 4.39 Å². The first-order valence-corrected chi connectivity index (χ1v) is 7.13. The van der Waals surface area contributed by atoms with Crippen LogP contribution in [-0.4, -0.2) is 17.5 Å². The van der Waals surface area contributed by atoms with Gasteiger partial charge in [0.05, 0.1) is 0 Å². The van der Waals surface area contributed by atoms with Gasteiger partial charge in [0.2, 0.25) is 0 Å². The summed E-state index contributed by atoms with van der Waals surface area (Å²) >= 11 is 3.35. The summed E-state index contributed by atoms with van der Waals surface area (Å²) < 4.78 is 14.1. The van der Waals surface area contributed by atoms with Crippen LogP contribution in [0.15, 0.2) is 22.7 Å². The standard InChI is InChI=1S/C14H19BrFN/c1-11-5-3-2-4-6-17(11)10-12-7-13(15)9-14(16)8-12/h7-9,11H,2-6,10H2,1H3. The van der Waals surface area contributed by atoms with Crippen molar-refractivity contribution in [1.29, 1.82) is 0 Å². The molecule has 1 unspecified atom stereocenters. The molecule has 94 valence electrons. The smallest absolute Gasteiger partial charge is 0.124 e. The van der Waals surface area contributed by atoms with Crippen molar-refractivity contribution in [1.82, 2.24) is 4.90 Å². The molecule has 1 saturated heterocycles. The molecule has 0 N–H and O–H groups in total. The van der Waals surface area contributed by atoms with Crippen LogP contribution in [0.3, 0.4) is 0 Å². The Balaban J connectivity index is 2.07. The Bertz CT molecular complexity index is 360. The molecular formula is C14H19BrFN. The van der Waals surface area contributed by atoms with E-state index in [0.29, 0.717) is 6.04 Å². The molecule has 0 saturated carbocycles. The molecular weight excluding hydrogens is 281 g/mol. The van der Waals surface area contributed by atoms with Gasteiger partial charge in [-0.2, -0.15) is 0 Å². The van der Waals surface area contributed by atoms with Gasteiger partial charge in [0.25, 0.3) is 0 Å². The lowest BCUT2D eigenvalue weighted by Crippen LogP contribution is -2.31. The van der Waals surface area contributed by atoms with Crippen LogP contribution in [0.5, 0.6) is 0 Å². The van der Waals surface area contributed by atoms with Crippen molar-refractivity contribution < 1.29 is 4.39 Å². The van der Waals surface area contributed by atoms with Crippen molar-refractivity contribution in [2.75, 3.05) is 6.54 Å². The van der Waals surface area contributed by atoms with Crippen molar-refractivity contribution in [3.8, 4) is 0 Å². The minimum atomic E-state index is -0.156. The first-order valence-electron chi connectivity index (χ1n) is 6.34. The SMILES string of the molecule is CC1CCCCCN1Cc1cc(F)cc(Br)c1. The van der Waals surface area contributed by atoms with Crippen LogP contribution in [0.4, 0.5) is 4.39 Å². The molecule has 0 aliphatic carbocycles. The number of benzene rings is 1. The van der Waals surface area contributed by atoms with E-state index < -0.39 is 0 Å². The second kappa shape index (κ2) is 5.96. The van der Waals surface area contributed by atoms with Crippen LogP contribution in [0.25, 0.3) is 0 Å². The molecule has 3 heteroatoms. The molecule has 17 heavy (non-hydrogen) atoms. The van der Waals surface area contributed by atoms with E-state index in [1.807, 2.05) is 6.07 Å². The number of halogens is 2. The van der Waals surface area contributed by atoms with E-state index in [1.165, 1.54) is 31.7 Å². The zero-order chi connectivity index (χ0) is 12.3. The number of likely N-dealkylation sites (tertiary alicyclic amines) is 1. The monoisotopic (exact) mass is 299 g/mol. The summed E-state index contributed by atoms with van der Waals surface area (Å²) in [5.41, 5.74) is 1.06. The fourth-order valence-corrected chi connectivity index (χ4v) is 3.02. The Hall–Kier alpha value is -0.410. The van der Waals surface area contributed by atoms with Gasteiger partial charge >= 0.3 is 0 Å². The third kappa shape index (κ3) is 3.78. The van der Waals surface area contributed by atoms with E-state index in [4.69, 9.17) is 0 Å². The Morgan fingerprint density at radius 2 is 2.12 bits per heavy atom. The van der Waals surface area contributed by atoms with Crippen LogP contribution in [0.2, 0.25) is 0 Å². The van der Waals surface area contributed by atoms with Crippen LogP contribution in [0, 0.1) is 5.82 Å². The summed E-state index contributed by atoms with van der Waals surface area (Å²) in [6.45, 7) is 4.27. The lowest BCUT2D eigenvalue weighted by Gasteiger charge is -2.27. The van der Waals surface area contributed by atoms with Gasteiger partial charge in [-0.05, 0) is 50.1 Å². The van der Waals surface area contributed by atoms with E-state index in [0.717, 1.165) is 23.1 Å². The van der Waals surface area contributed by atoms with Crippen LogP contribution in [-0.2, 0) is 6.54 Å². The van der Waals surface area contributed by atoms with Gasteiger partial charge in [-0.3, -0.25) is 4.90 Å². The molecule has 0 bridgehead atoms. The second-order valence-electron chi connectivity index (χ2n) is 4.95. The summed E-state index contributed by atoms with van der Waals surface area (Å²) in [5.74, 6) is -0.156. The van der Waals surface area contributed by atoms with Crippen molar-refractivity contribution in [2.45, 2.75) is 45.2 Å². The molecule has 1 heterocycles. The molecule has 1 aromatic carbocycles. The Morgan fingerprint density at radius 1 is 1.29 bits per heavy atom. The third-order valence-corrected chi connectivity index (χ3v) is 3.96. The first kappa shape index (κ1) is 13.0. The van der Waals surface area contributed by atoms with Gasteiger partial charge in [-0.1, -0.05) is 28.8 Å². The lowest BCUT2D eigenvalue weighted by molar-refractivity contribution is 0.204. The summed E-state index contributed by atoms with van der Waals surface area (Å²) in [4.78, 5) is 2.47. The predicted octanol–water partition coefficient (Wildman–Crippen LogP) is 4.35. The Morgan fingerprint density at radius 3 is 2.88 bits per heavy atom. The maximum Gasteiger partial charge on any atom is 0.124 e. The fraction of sp³-hybridized carbons (Fsp3) is 0.571. The lowest BCUT2D eigenvalue weighted by atomic mass is 10.1. The quantitative estimate of drug-likeness (QED) is 0.784. The van der Waals surface area contributed by atoms with Crippen molar-refractivity contribution in [3.63, 3.8) is 0 Å². The highest BCUT2D eigenvalue weighted by atomic mass is 79.9. The summed E-state index contributed by atoms with van der Waals surface area (Å²) in [7, 11) is 0. The zero-order valence-corrected chi connectivity index (χ0v) is 11.8. The highest BCUT2D eigenvalue weighted by Crippen LogP contribution is 2.21. The largest absolute Gasteiger partial charge is 0.296 e. The maximum atomic E-state index is 13.3. The van der Waals surface area contributed by atoms with Crippen molar-refractivity contribution in [2.24, 2.45) is 0 Å². The van der Waals surface area contributed by atoms with Gasteiger partial charge in [-0.15, -0.1) is 0 Å². The number of rotatable bonds is 2. The van der Waals surface area contributed by atoms with E-state index in [-0.39, 0.29) is 5.82 Å². The van der Waals surface area contributed by atoms with Crippen molar-refractivity contribution in [3.05, 3.63) is 34.1 Å². The van der Waals surface area contributed by atoms with E-state index in [9.17, 15) is 4.39 Å². The number of nitrogens with zero attached hydrogens (tertiary/aromatic N) is 1. The Labute approximate surface area is 111 Å². The minimum absolute atomic E-state index is 0.156. The molecule has 1 aromatic rings. The molecule has 0 aromatic heterocycles. The third-order valence-electron chi connectivity index (χ3n) is 3.50. The molecule has 1 nitrogen and oxygen atoms in total. The molecule has 1 fully saturated rings. The highest BCUT2D eigenvalue weighted by molar-refractivity contribution is 9.10. The van der Waals surface area contributed by atoms with E-state index in [1.54, 1.807) is 6.07 Å². The predicted molar refractivity (Wildman–Crippen MR) is 72.4 cm³/mol. The topological polar surface area (TPSA) is 3.24 Å². The van der Waals surface area contributed by atoms with Crippen molar-refractivity contribution >= 4 is 15.9 Å². The summed E-state index contributed by atoms with van der Waals surface area (Å²) in [6.07, 6.45) is 5.18. The molecule has 1 atom stereocenters. The minimum Gasteiger partial charge on any atom is -0.296 e. The van der Waals surface area contributed by atoms with Gasteiger partial charge in [0, 0.05) is 17.1 Å². The molecule has 2 rings (SSSR count). The zero-order valence-electron chi connectivity index (χ0n) is 10.3. The summed E-state index contributed by atoms with van der Waals surface area (Å²) in [5, 5.41) is 0. The Kier molecular flexibility index (Phi) is 4.57. The average molecular weight is 300 g/mol. The van der Waals surface area contributed by atoms with Crippen LogP contribution >= 0.6 is 15.9 Å². The number of hydrogen-bond donors (Lipinski definition) is 0. The normalized spacial score (nSPS) is 22.4. The van der Waals surface area contributed by atoms with Gasteiger partial charge in [0.1, 0.15) is 5.82 Å². The fourth-order valence-electron chi connectivity index (χ4n) is 2.51. The molecule has 0 radical (unpaired) electrons. The van der Waals surface area contributed by atoms with Crippen LogP contribution < -0.4 is 0 Å². The summed E-state index contributed by atoms with van der Waals surface area (Å²) in [6, 6.07) is 5.78. The highest BCUT2D eigenvalue weighted by Gasteiger charge is 2.17. The van der Waals surface area contributed by atoms with E-state index >= 15 is 0 Å². The molecule has 0 spiro atoms. The molecule has 0 amide bonds. The second-order valence-corrected chi connectivity index (χ2v) is 5.86. The molecule has 1 aliphatic heterocycles. The average Bonchev–Trinajstić information content (AvgIpc) is 2.43. The number of hydrogen-bond acceptors (Lipinski definition) is 1.